The summed E-state index contributed by atoms with van der Waals surface area (Å²) in [5.41, 5.74) is 2.08. The number of H-pyrrole nitrogens is 1. The topological polar surface area (TPSA) is 49.0 Å². The molecular weight excluding hydrogens is 342 g/mol. The van der Waals surface area contributed by atoms with Crippen molar-refractivity contribution in [2.75, 3.05) is 13.1 Å². The van der Waals surface area contributed by atoms with Gasteiger partial charge < -0.3 is 9.88 Å². The van der Waals surface area contributed by atoms with E-state index in [4.69, 9.17) is 4.98 Å². The van der Waals surface area contributed by atoms with E-state index >= 15 is 0 Å². The molecule has 1 aromatic heterocycles. The lowest BCUT2D eigenvalue weighted by Crippen LogP contribution is -2.37. The number of carbonyl (C=O) groups excluding carboxylic acids is 1. The highest BCUT2D eigenvalue weighted by Gasteiger charge is 2.24. The fraction of sp³-hybridized carbons (Fsp3) is 0.238. The van der Waals surface area contributed by atoms with Crippen LogP contribution < -0.4 is 0 Å². The fourth-order valence-corrected chi connectivity index (χ4v) is 4.26. The molecule has 132 valence electrons. The van der Waals surface area contributed by atoms with Gasteiger partial charge in [0.25, 0.3) is 0 Å². The Hall–Kier alpha value is -2.53. The summed E-state index contributed by atoms with van der Waals surface area (Å²) in [5.74, 6) is 1.43. The molecule has 4 nitrogen and oxygen atoms in total. The number of hydrogen-bond donors (Lipinski definition) is 1. The number of carbonyl (C=O) groups is 1. The predicted molar refractivity (Wildman–Crippen MR) is 105 cm³/mol. The Morgan fingerprint density at radius 3 is 2.65 bits per heavy atom. The number of rotatable bonds is 4. The van der Waals surface area contributed by atoms with Crippen molar-refractivity contribution in [3.05, 3.63) is 67.0 Å². The molecule has 26 heavy (non-hydrogen) atoms. The number of amides is 1. The van der Waals surface area contributed by atoms with Gasteiger partial charge in [0.2, 0.25) is 5.91 Å². The van der Waals surface area contributed by atoms with Crippen LogP contribution >= 0.6 is 11.8 Å². The molecule has 2 heterocycles. The van der Waals surface area contributed by atoms with Crippen LogP contribution in [0.1, 0.15) is 24.6 Å². The molecule has 4 rings (SSSR count). The second-order valence-electron chi connectivity index (χ2n) is 6.52. The normalized spacial score (nSPS) is 15.3. The van der Waals surface area contributed by atoms with Crippen LogP contribution in [0.2, 0.25) is 0 Å². The first-order valence-corrected chi connectivity index (χ1v) is 9.68. The maximum Gasteiger partial charge on any atom is 0.245 e. The molecule has 0 spiro atoms. The zero-order chi connectivity index (χ0) is 17.9. The van der Waals surface area contributed by atoms with Gasteiger partial charge in [-0.3, -0.25) is 4.79 Å². The molecule has 0 aliphatic carbocycles. The first-order valence-electron chi connectivity index (χ1n) is 8.87. The standard InChI is InChI=1S/C21H21N3OS/c1-2-20(25)24-12-10-15(11-13-24)21-22-18-9-8-17(14-19(18)23-21)26-16-6-4-3-5-7-16/h2-9,14-15H,1,10-13H2,(H,22,23). The minimum Gasteiger partial charge on any atom is -0.342 e. The Kier molecular flexibility index (Phi) is 4.80. The van der Waals surface area contributed by atoms with E-state index in [0.29, 0.717) is 5.92 Å². The number of aromatic nitrogens is 2. The Morgan fingerprint density at radius 1 is 1.15 bits per heavy atom. The van der Waals surface area contributed by atoms with Gasteiger partial charge in [-0.2, -0.15) is 0 Å². The van der Waals surface area contributed by atoms with Crippen LogP contribution in [0.4, 0.5) is 0 Å². The van der Waals surface area contributed by atoms with E-state index < -0.39 is 0 Å². The van der Waals surface area contributed by atoms with Crippen molar-refractivity contribution in [1.29, 1.82) is 0 Å². The second-order valence-corrected chi connectivity index (χ2v) is 7.67. The van der Waals surface area contributed by atoms with Crippen molar-refractivity contribution in [3.63, 3.8) is 0 Å². The van der Waals surface area contributed by atoms with Crippen LogP contribution in [0.25, 0.3) is 11.0 Å². The van der Waals surface area contributed by atoms with E-state index in [2.05, 4.69) is 54.0 Å². The Morgan fingerprint density at radius 2 is 1.92 bits per heavy atom. The number of benzene rings is 2. The molecule has 2 aromatic carbocycles. The number of nitrogens with zero attached hydrogens (tertiary/aromatic N) is 2. The summed E-state index contributed by atoms with van der Waals surface area (Å²) in [6, 6.07) is 16.7. The smallest absolute Gasteiger partial charge is 0.245 e. The van der Waals surface area contributed by atoms with Crippen LogP contribution in [0.15, 0.2) is 71.0 Å². The monoisotopic (exact) mass is 363 g/mol. The molecule has 1 saturated heterocycles. The van der Waals surface area contributed by atoms with Gasteiger partial charge in [-0.1, -0.05) is 36.5 Å². The van der Waals surface area contributed by atoms with Crippen LogP contribution in [0, 0.1) is 0 Å². The molecule has 1 N–H and O–H groups in total. The number of imidazole rings is 1. The van der Waals surface area contributed by atoms with E-state index in [-0.39, 0.29) is 5.91 Å². The molecule has 1 aliphatic rings. The predicted octanol–water partition coefficient (Wildman–Crippen LogP) is 4.61. The molecular formula is C21H21N3OS. The number of fused-ring (bicyclic) bond motifs is 1. The SMILES string of the molecule is C=CC(=O)N1CCC(c2nc3cc(Sc4ccccc4)ccc3[nH]2)CC1. The van der Waals surface area contributed by atoms with Crippen molar-refractivity contribution >= 4 is 28.7 Å². The maximum atomic E-state index is 11.7. The van der Waals surface area contributed by atoms with Crippen LogP contribution in [0.5, 0.6) is 0 Å². The van der Waals surface area contributed by atoms with Crippen LogP contribution in [-0.2, 0) is 4.79 Å². The van der Waals surface area contributed by atoms with Crippen molar-refractivity contribution in [2.24, 2.45) is 0 Å². The van der Waals surface area contributed by atoms with Gasteiger partial charge in [-0.05, 0) is 49.2 Å². The summed E-state index contributed by atoms with van der Waals surface area (Å²) in [4.78, 5) is 24.3. The van der Waals surface area contributed by atoms with Crippen LogP contribution in [0.3, 0.4) is 0 Å². The molecule has 0 atom stereocenters. The summed E-state index contributed by atoms with van der Waals surface area (Å²) >= 11 is 1.75. The molecule has 1 fully saturated rings. The number of likely N-dealkylation sites (tertiary alicyclic amines) is 1. The van der Waals surface area contributed by atoms with Gasteiger partial charge in [0.1, 0.15) is 5.82 Å². The molecule has 0 bridgehead atoms. The third-order valence-electron chi connectivity index (χ3n) is 4.82. The molecule has 0 radical (unpaired) electrons. The van der Waals surface area contributed by atoms with Crippen molar-refractivity contribution in [1.82, 2.24) is 14.9 Å². The van der Waals surface area contributed by atoms with Gasteiger partial charge in [0.15, 0.2) is 0 Å². The minimum atomic E-state index is 0.0237. The highest BCUT2D eigenvalue weighted by molar-refractivity contribution is 7.99. The Bertz CT molecular complexity index is 927. The van der Waals surface area contributed by atoms with Crippen LogP contribution in [-0.4, -0.2) is 33.9 Å². The second kappa shape index (κ2) is 7.38. The third kappa shape index (κ3) is 3.53. The van der Waals surface area contributed by atoms with Gasteiger partial charge >= 0.3 is 0 Å². The molecule has 0 unspecified atom stereocenters. The average Bonchev–Trinajstić information content (AvgIpc) is 3.11. The number of nitrogens with one attached hydrogen (secondary N) is 1. The van der Waals surface area contributed by atoms with Crippen molar-refractivity contribution in [2.45, 2.75) is 28.6 Å². The number of aromatic amines is 1. The first kappa shape index (κ1) is 16.9. The zero-order valence-electron chi connectivity index (χ0n) is 14.5. The number of piperidine rings is 1. The largest absolute Gasteiger partial charge is 0.342 e. The molecule has 0 saturated carbocycles. The van der Waals surface area contributed by atoms with Gasteiger partial charge in [0, 0.05) is 28.8 Å². The van der Waals surface area contributed by atoms with Gasteiger partial charge in [-0.25, -0.2) is 4.98 Å². The molecule has 5 heteroatoms. The highest BCUT2D eigenvalue weighted by atomic mass is 32.2. The fourth-order valence-electron chi connectivity index (χ4n) is 3.39. The quantitative estimate of drug-likeness (QED) is 0.689. The van der Waals surface area contributed by atoms with E-state index in [1.807, 2.05) is 11.0 Å². The van der Waals surface area contributed by atoms with Crippen molar-refractivity contribution < 1.29 is 4.79 Å². The van der Waals surface area contributed by atoms with E-state index in [1.165, 1.54) is 15.9 Å². The molecule has 3 aromatic rings. The van der Waals surface area contributed by atoms with Gasteiger partial charge in [-0.15, -0.1) is 0 Å². The maximum absolute atomic E-state index is 11.7. The molecule has 1 amide bonds. The Balaban J connectivity index is 1.49. The minimum absolute atomic E-state index is 0.0237. The lowest BCUT2D eigenvalue weighted by atomic mass is 9.96. The van der Waals surface area contributed by atoms with Gasteiger partial charge in [0.05, 0.1) is 11.0 Å². The van der Waals surface area contributed by atoms with Crippen molar-refractivity contribution in [3.8, 4) is 0 Å². The Labute approximate surface area is 157 Å². The summed E-state index contributed by atoms with van der Waals surface area (Å²) in [7, 11) is 0. The summed E-state index contributed by atoms with van der Waals surface area (Å²) in [6.45, 7) is 5.10. The highest BCUT2D eigenvalue weighted by Crippen LogP contribution is 2.31. The molecule has 1 aliphatic heterocycles. The number of hydrogen-bond acceptors (Lipinski definition) is 3. The summed E-state index contributed by atoms with van der Waals surface area (Å²) in [5, 5.41) is 0. The summed E-state index contributed by atoms with van der Waals surface area (Å²) < 4.78 is 0. The third-order valence-corrected chi connectivity index (χ3v) is 5.82. The lowest BCUT2D eigenvalue weighted by Gasteiger charge is -2.30. The zero-order valence-corrected chi connectivity index (χ0v) is 15.3. The van der Waals surface area contributed by atoms with E-state index in [1.54, 1.807) is 11.8 Å². The lowest BCUT2D eigenvalue weighted by molar-refractivity contribution is -0.127. The average molecular weight is 363 g/mol. The van der Waals surface area contributed by atoms with E-state index in [9.17, 15) is 4.79 Å². The first-order chi connectivity index (χ1) is 12.7. The van der Waals surface area contributed by atoms with E-state index in [0.717, 1.165) is 42.8 Å². The summed E-state index contributed by atoms with van der Waals surface area (Å²) in [6.07, 6.45) is 3.27.